The van der Waals surface area contributed by atoms with Crippen molar-refractivity contribution in [1.29, 1.82) is 0 Å². The number of hydrogen-bond acceptors (Lipinski definition) is 5. The summed E-state index contributed by atoms with van der Waals surface area (Å²) in [7, 11) is -6.04. The Kier molecular flexibility index (Phi) is 13.1. The van der Waals surface area contributed by atoms with Crippen LogP contribution in [0.2, 0.25) is 0 Å². The molecule has 0 spiro atoms. The van der Waals surface area contributed by atoms with Gasteiger partial charge in [-0.05, 0) is 49.2 Å². The van der Waals surface area contributed by atoms with Crippen LogP contribution in [0.1, 0.15) is 32.1 Å². The van der Waals surface area contributed by atoms with Gasteiger partial charge in [0, 0.05) is 5.88 Å². The van der Waals surface area contributed by atoms with E-state index in [0.29, 0.717) is 18.7 Å². The van der Waals surface area contributed by atoms with Crippen LogP contribution in [0, 0.1) is 0 Å². The summed E-state index contributed by atoms with van der Waals surface area (Å²) in [6.07, 6.45) is 3.49. The van der Waals surface area contributed by atoms with Gasteiger partial charge in [-0.25, -0.2) is 13.2 Å². The molecule has 0 aromatic heterocycles. The number of carbonyl (C=O) groups is 1. The Bertz CT molecular complexity index is 1070. The van der Waals surface area contributed by atoms with Gasteiger partial charge in [0.2, 0.25) is 0 Å². The molecular weight excluding hydrogens is 542 g/mol. The van der Waals surface area contributed by atoms with E-state index in [0.717, 1.165) is 19.3 Å². The molecule has 0 aliphatic rings. The van der Waals surface area contributed by atoms with Gasteiger partial charge in [-0.3, -0.25) is 0 Å². The Morgan fingerprint density at radius 1 is 0.757 bits per heavy atom. The highest BCUT2D eigenvalue weighted by Crippen LogP contribution is 2.30. The highest BCUT2D eigenvalue weighted by Gasteiger charge is 2.48. The summed E-state index contributed by atoms with van der Waals surface area (Å²) in [5.41, 5.74) is 0. The van der Waals surface area contributed by atoms with Gasteiger partial charge in [-0.1, -0.05) is 73.9 Å². The van der Waals surface area contributed by atoms with E-state index in [2.05, 4.69) is 95.7 Å². The number of benzene rings is 3. The molecule has 10 heteroatoms. The van der Waals surface area contributed by atoms with E-state index in [-0.39, 0.29) is 17.5 Å². The van der Waals surface area contributed by atoms with Gasteiger partial charge in [0.05, 0.1) is 17.5 Å². The molecule has 0 atom stereocenters. The second kappa shape index (κ2) is 15.7. The van der Waals surface area contributed by atoms with Crippen molar-refractivity contribution in [2.75, 3.05) is 12.5 Å². The summed E-state index contributed by atoms with van der Waals surface area (Å²) >= 11 is 5.44. The van der Waals surface area contributed by atoms with Gasteiger partial charge < -0.3 is 9.29 Å². The SMILES string of the molecule is O=C(OCCCCCCCCl)C(F)(F)S(=O)(=O)[O-].c1ccc([S+](c2ccccc2)c2ccccc2)cc1. The van der Waals surface area contributed by atoms with Gasteiger partial charge in [0.15, 0.2) is 24.8 Å². The van der Waals surface area contributed by atoms with E-state index < -0.39 is 21.3 Å². The molecule has 0 aliphatic heterocycles. The minimum atomic E-state index is -6.03. The van der Waals surface area contributed by atoms with E-state index in [4.69, 9.17) is 11.6 Å². The second-order valence-electron chi connectivity index (χ2n) is 7.81. The first-order valence-electron chi connectivity index (χ1n) is 11.6. The quantitative estimate of drug-likeness (QED) is 0.0801. The first-order valence-corrected chi connectivity index (χ1v) is 14.8. The minimum absolute atomic E-state index is 0.0146. The predicted molar refractivity (Wildman–Crippen MR) is 141 cm³/mol. The van der Waals surface area contributed by atoms with Gasteiger partial charge in [-0.15, -0.1) is 11.6 Å². The molecule has 0 amide bonds. The lowest BCUT2D eigenvalue weighted by Gasteiger charge is -2.17. The Labute approximate surface area is 224 Å². The van der Waals surface area contributed by atoms with Gasteiger partial charge in [-0.2, -0.15) is 8.78 Å². The van der Waals surface area contributed by atoms with Crippen molar-refractivity contribution in [3.8, 4) is 0 Å². The zero-order valence-electron chi connectivity index (χ0n) is 20.1. The van der Waals surface area contributed by atoms with E-state index >= 15 is 0 Å². The van der Waals surface area contributed by atoms with Gasteiger partial charge in [0.1, 0.15) is 0 Å². The highest BCUT2D eigenvalue weighted by atomic mass is 35.5. The topological polar surface area (TPSA) is 83.5 Å². The molecule has 37 heavy (non-hydrogen) atoms. The van der Waals surface area contributed by atoms with Crippen molar-refractivity contribution < 1.29 is 31.3 Å². The molecule has 0 N–H and O–H groups in total. The average Bonchev–Trinajstić information content (AvgIpc) is 2.90. The lowest BCUT2D eigenvalue weighted by atomic mass is 10.2. The zero-order valence-corrected chi connectivity index (χ0v) is 22.5. The lowest BCUT2D eigenvalue weighted by Crippen LogP contribution is -2.39. The summed E-state index contributed by atoms with van der Waals surface area (Å²) in [5.74, 6) is -1.78. The lowest BCUT2D eigenvalue weighted by molar-refractivity contribution is -0.161. The number of rotatable bonds is 12. The fraction of sp³-hybridized carbons (Fsp3) is 0.296. The summed E-state index contributed by atoms with van der Waals surface area (Å²) in [5, 5.41) is -5.02. The van der Waals surface area contributed by atoms with Crippen LogP contribution in [0.15, 0.2) is 106 Å². The number of hydrogen-bond donors (Lipinski definition) is 0. The molecule has 0 aliphatic carbocycles. The maximum absolute atomic E-state index is 12.6. The summed E-state index contributed by atoms with van der Waals surface area (Å²) in [6.45, 7) is -0.342. The van der Waals surface area contributed by atoms with Crippen LogP contribution in [-0.2, 0) is 30.5 Å². The van der Waals surface area contributed by atoms with Crippen LogP contribution >= 0.6 is 11.6 Å². The number of ether oxygens (including phenoxy) is 1. The van der Waals surface area contributed by atoms with Crippen LogP contribution in [0.4, 0.5) is 8.78 Å². The Hall–Kier alpha value is -2.46. The van der Waals surface area contributed by atoms with Crippen molar-refractivity contribution in [2.24, 2.45) is 0 Å². The fourth-order valence-corrected chi connectivity index (χ4v) is 5.71. The largest absolute Gasteiger partial charge is 0.743 e. The molecule has 0 unspecified atom stereocenters. The zero-order chi connectivity index (χ0) is 27.2. The van der Waals surface area contributed by atoms with Gasteiger partial charge in [0.25, 0.3) is 0 Å². The molecule has 0 fully saturated rings. The van der Waals surface area contributed by atoms with Crippen molar-refractivity contribution in [2.45, 2.75) is 52.0 Å². The first kappa shape index (κ1) is 30.8. The van der Waals surface area contributed by atoms with E-state index in [1.54, 1.807) is 0 Å². The van der Waals surface area contributed by atoms with E-state index in [9.17, 15) is 26.5 Å². The van der Waals surface area contributed by atoms with Crippen LogP contribution in [0.5, 0.6) is 0 Å². The number of esters is 1. The molecule has 0 radical (unpaired) electrons. The molecule has 0 bridgehead atoms. The number of unbranched alkanes of at least 4 members (excludes halogenated alkanes) is 4. The Balaban J connectivity index is 0.000000261. The fourth-order valence-electron chi connectivity index (χ4n) is 3.16. The maximum Gasteiger partial charge on any atom is 0.428 e. The summed E-state index contributed by atoms with van der Waals surface area (Å²) < 4.78 is 59.5. The molecule has 0 saturated heterocycles. The molecule has 0 heterocycles. The van der Waals surface area contributed by atoms with E-state index in [1.807, 2.05) is 0 Å². The maximum atomic E-state index is 12.6. The Morgan fingerprint density at radius 3 is 1.51 bits per heavy atom. The molecule has 5 nitrogen and oxygen atoms in total. The summed E-state index contributed by atoms with van der Waals surface area (Å²) in [6, 6.07) is 32.2. The minimum Gasteiger partial charge on any atom is -0.743 e. The second-order valence-corrected chi connectivity index (χ2v) is 11.6. The summed E-state index contributed by atoms with van der Waals surface area (Å²) in [4.78, 5) is 14.8. The van der Waals surface area contributed by atoms with Crippen molar-refractivity contribution in [3.05, 3.63) is 91.0 Å². The number of carbonyl (C=O) groups excluding carboxylic acids is 1. The van der Waals surface area contributed by atoms with Crippen LogP contribution in [0.25, 0.3) is 0 Å². The number of halogens is 3. The van der Waals surface area contributed by atoms with Crippen molar-refractivity contribution in [1.82, 2.24) is 0 Å². The van der Waals surface area contributed by atoms with Gasteiger partial charge >= 0.3 is 11.2 Å². The number of alkyl halides is 3. The first-order chi connectivity index (χ1) is 17.7. The van der Waals surface area contributed by atoms with Crippen LogP contribution < -0.4 is 0 Å². The van der Waals surface area contributed by atoms with Crippen LogP contribution in [0.3, 0.4) is 0 Å². The standard InChI is InChI=1S/C18H15S.C9H15ClF2O5S/c1-4-10-16(11-5-1)19(17-12-6-2-7-13-17)18-14-8-3-9-15-18;10-6-4-2-1-3-5-7-17-8(13)9(11,12)18(14,15)16/h1-15H;1-7H2,(H,14,15,16)/q+1;/p-1. The molecule has 3 rings (SSSR count). The van der Waals surface area contributed by atoms with Crippen molar-refractivity contribution in [3.63, 3.8) is 0 Å². The normalized spacial score (nSPS) is 11.5. The molecule has 3 aromatic carbocycles. The van der Waals surface area contributed by atoms with E-state index in [1.165, 1.54) is 14.7 Å². The predicted octanol–water partition coefficient (Wildman–Crippen LogP) is 6.64. The van der Waals surface area contributed by atoms with Crippen molar-refractivity contribution >= 4 is 38.6 Å². The molecular formula is C27H29ClF2O5S2. The third-order valence-electron chi connectivity index (χ3n) is 5.00. The molecule has 0 saturated carbocycles. The molecule has 3 aromatic rings. The third kappa shape index (κ3) is 10.1. The van der Waals surface area contributed by atoms with Crippen LogP contribution in [-0.4, -0.2) is 36.7 Å². The monoisotopic (exact) mass is 570 g/mol. The third-order valence-corrected chi connectivity index (χ3v) is 8.29. The molecule has 200 valence electrons. The highest BCUT2D eigenvalue weighted by molar-refractivity contribution is 7.97. The smallest absolute Gasteiger partial charge is 0.428 e. The Morgan fingerprint density at radius 2 is 1.14 bits per heavy atom. The average molecular weight is 571 g/mol.